The van der Waals surface area contributed by atoms with E-state index < -0.39 is 23.3 Å². The average Bonchev–Trinajstić information content (AvgIpc) is 3.33. The minimum Gasteiger partial charge on any atom is -0.457 e. The van der Waals surface area contributed by atoms with Crippen LogP contribution in [0, 0.1) is 0 Å². The molecule has 0 aliphatic heterocycles. The molecule has 9 heteroatoms. The highest BCUT2D eigenvalue weighted by molar-refractivity contribution is 6.30. The molecule has 1 atom stereocenters. The van der Waals surface area contributed by atoms with E-state index in [1.54, 1.807) is 24.3 Å². The van der Waals surface area contributed by atoms with Gasteiger partial charge in [0.1, 0.15) is 24.2 Å². The number of hydrogen-bond acceptors (Lipinski definition) is 4. The van der Waals surface area contributed by atoms with E-state index in [1.807, 2.05) is 0 Å². The van der Waals surface area contributed by atoms with Crippen LogP contribution in [0.1, 0.15) is 24.0 Å². The minimum atomic E-state index is -4.59. The third kappa shape index (κ3) is 4.09. The molecule has 1 aliphatic rings. The van der Waals surface area contributed by atoms with Crippen molar-refractivity contribution in [3.63, 3.8) is 0 Å². The monoisotopic (exact) mass is 423 g/mol. The standard InChI is InChI=1S/C20H17ClF3N3O2/c21-13-1-3-14(4-2-13)29-15-5-6-16(17(9-15)20(22,23)24)19(7-8-19)18(28)10-27-12-25-11-26-27/h1-6,9,11-12,18,28H,7-8,10H2. The number of aliphatic hydroxyl groups excluding tert-OH is 1. The number of nitrogens with zero attached hydrogens (tertiary/aromatic N) is 3. The highest BCUT2D eigenvalue weighted by Crippen LogP contribution is 2.55. The van der Waals surface area contributed by atoms with Gasteiger partial charge in [-0.05, 0) is 54.8 Å². The number of benzene rings is 2. The molecule has 5 nitrogen and oxygen atoms in total. The Hall–Kier alpha value is -2.58. The Labute approximate surface area is 169 Å². The van der Waals surface area contributed by atoms with Crippen LogP contribution in [0.3, 0.4) is 0 Å². The van der Waals surface area contributed by atoms with E-state index in [0.29, 0.717) is 23.6 Å². The molecule has 0 radical (unpaired) electrons. The molecule has 0 saturated heterocycles. The molecular weight excluding hydrogens is 407 g/mol. The number of hydrogen-bond donors (Lipinski definition) is 1. The van der Waals surface area contributed by atoms with Crippen LogP contribution in [0.5, 0.6) is 11.5 Å². The number of aliphatic hydroxyl groups is 1. The van der Waals surface area contributed by atoms with Gasteiger partial charge >= 0.3 is 6.18 Å². The second kappa shape index (κ2) is 7.35. The maximum absolute atomic E-state index is 13.8. The van der Waals surface area contributed by atoms with Crippen LogP contribution in [0.4, 0.5) is 13.2 Å². The number of ether oxygens (including phenoxy) is 1. The number of alkyl halides is 3. The molecule has 4 rings (SSSR count). The van der Waals surface area contributed by atoms with Gasteiger partial charge in [0.05, 0.1) is 18.2 Å². The van der Waals surface area contributed by atoms with Crippen molar-refractivity contribution < 1.29 is 23.0 Å². The van der Waals surface area contributed by atoms with Crippen molar-refractivity contribution in [2.24, 2.45) is 0 Å². The van der Waals surface area contributed by atoms with Gasteiger partial charge in [-0.15, -0.1) is 0 Å². The van der Waals surface area contributed by atoms with Crippen molar-refractivity contribution in [2.75, 3.05) is 0 Å². The normalized spacial score (nSPS) is 16.4. The topological polar surface area (TPSA) is 60.2 Å². The molecule has 0 amide bonds. The summed E-state index contributed by atoms with van der Waals surface area (Å²) in [4.78, 5) is 3.80. The zero-order chi connectivity index (χ0) is 20.6. The van der Waals surface area contributed by atoms with E-state index in [4.69, 9.17) is 16.3 Å². The van der Waals surface area contributed by atoms with E-state index >= 15 is 0 Å². The lowest BCUT2D eigenvalue weighted by atomic mass is 9.86. The van der Waals surface area contributed by atoms with Crippen molar-refractivity contribution in [2.45, 2.75) is 37.1 Å². The average molecular weight is 424 g/mol. The van der Waals surface area contributed by atoms with Crippen molar-refractivity contribution in [1.82, 2.24) is 14.8 Å². The van der Waals surface area contributed by atoms with Crippen LogP contribution < -0.4 is 4.74 Å². The summed E-state index contributed by atoms with van der Waals surface area (Å²) in [5.41, 5.74) is -1.70. The zero-order valence-electron chi connectivity index (χ0n) is 15.1. The maximum Gasteiger partial charge on any atom is 0.416 e. The summed E-state index contributed by atoms with van der Waals surface area (Å²) in [7, 11) is 0. The van der Waals surface area contributed by atoms with Gasteiger partial charge in [-0.3, -0.25) is 4.68 Å². The van der Waals surface area contributed by atoms with Gasteiger partial charge < -0.3 is 9.84 Å². The molecule has 1 heterocycles. The van der Waals surface area contributed by atoms with E-state index in [1.165, 1.54) is 29.5 Å². The van der Waals surface area contributed by atoms with Crippen LogP contribution in [0.2, 0.25) is 5.02 Å². The van der Waals surface area contributed by atoms with Gasteiger partial charge in [0, 0.05) is 10.4 Å². The molecule has 29 heavy (non-hydrogen) atoms. The molecule has 2 aromatic carbocycles. The lowest BCUT2D eigenvalue weighted by Crippen LogP contribution is -2.32. The second-order valence-corrected chi connectivity index (χ2v) is 7.49. The summed E-state index contributed by atoms with van der Waals surface area (Å²) in [6.45, 7) is 0.0698. The quantitative estimate of drug-likeness (QED) is 0.616. The SMILES string of the molecule is OC(Cn1cncn1)C1(c2ccc(Oc3ccc(Cl)cc3)cc2C(F)(F)F)CC1. The van der Waals surface area contributed by atoms with E-state index in [2.05, 4.69) is 10.1 Å². The Bertz CT molecular complexity index is 987. The Morgan fingerprint density at radius 3 is 2.41 bits per heavy atom. The Morgan fingerprint density at radius 1 is 1.14 bits per heavy atom. The summed E-state index contributed by atoms with van der Waals surface area (Å²) in [5.74, 6) is 0.438. The van der Waals surface area contributed by atoms with Crippen LogP contribution in [0.25, 0.3) is 0 Å². The molecule has 1 aliphatic carbocycles. The van der Waals surface area contributed by atoms with Crippen molar-refractivity contribution in [3.05, 3.63) is 71.3 Å². The van der Waals surface area contributed by atoms with E-state index in [-0.39, 0.29) is 17.9 Å². The Kier molecular flexibility index (Phi) is 5.00. The minimum absolute atomic E-state index is 0.0602. The predicted octanol–water partition coefficient (Wildman–Crippen LogP) is 4.84. The fourth-order valence-electron chi connectivity index (χ4n) is 3.49. The molecule has 3 aromatic rings. The molecule has 0 bridgehead atoms. The van der Waals surface area contributed by atoms with Crippen molar-refractivity contribution in [1.29, 1.82) is 0 Å². The first-order valence-corrected chi connectivity index (χ1v) is 9.31. The Balaban J connectivity index is 1.65. The molecule has 152 valence electrons. The number of rotatable bonds is 6. The molecule has 1 aromatic heterocycles. The zero-order valence-corrected chi connectivity index (χ0v) is 15.9. The van der Waals surface area contributed by atoms with Gasteiger partial charge in [0.15, 0.2) is 0 Å². The van der Waals surface area contributed by atoms with Gasteiger partial charge in [-0.2, -0.15) is 18.3 Å². The van der Waals surface area contributed by atoms with E-state index in [9.17, 15) is 18.3 Å². The summed E-state index contributed by atoms with van der Waals surface area (Å²) >= 11 is 5.82. The van der Waals surface area contributed by atoms with Crippen LogP contribution >= 0.6 is 11.6 Å². The number of aromatic nitrogens is 3. The first kappa shape index (κ1) is 19.7. The molecule has 1 fully saturated rings. The number of halogens is 4. The van der Waals surface area contributed by atoms with Gasteiger partial charge in [-0.25, -0.2) is 4.98 Å². The maximum atomic E-state index is 13.8. The predicted molar refractivity (Wildman–Crippen MR) is 99.9 cm³/mol. The third-order valence-electron chi connectivity index (χ3n) is 5.14. The summed E-state index contributed by atoms with van der Waals surface area (Å²) in [5, 5.41) is 15.1. The van der Waals surface area contributed by atoms with Crippen LogP contribution in [-0.4, -0.2) is 26.0 Å². The molecule has 1 unspecified atom stereocenters. The van der Waals surface area contributed by atoms with Gasteiger partial charge in [-0.1, -0.05) is 17.7 Å². The van der Waals surface area contributed by atoms with Crippen LogP contribution in [-0.2, 0) is 18.1 Å². The van der Waals surface area contributed by atoms with Crippen LogP contribution in [0.15, 0.2) is 55.1 Å². The molecule has 1 saturated carbocycles. The van der Waals surface area contributed by atoms with Crippen molar-refractivity contribution >= 4 is 11.6 Å². The fraction of sp³-hybridized carbons (Fsp3) is 0.300. The first-order chi connectivity index (χ1) is 13.8. The summed E-state index contributed by atoms with van der Waals surface area (Å²) in [6, 6.07) is 10.2. The second-order valence-electron chi connectivity index (χ2n) is 7.05. The van der Waals surface area contributed by atoms with Gasteiger partial charge in [0.25, 0.3) is 0 Å². The molecule has 0 spiro atoms. The lowest BCUT2D eigenvalue weighted by Gasteiger charge is -2.26. The fourth-order valence-corrected chi connectivity index (χ4v) is 3.62. The third-order valence-corrected chi connectivity index (χ3v) is 5.39. The van der Waals surface area contributed by atoms with E-state index in [0.717, 1.165) is 6.07 Å². The summed E-state index contributed by atoms with van der Waals surface area (Å²) < 4.78 is 48.5. The lowest BCUT2D eigenvalue weighted by molar-refractivity contribution is -0.138. The van der Waals surface area contributed by atoms with Gasteiger partial charge in [0.2, 0.25) is 0 Å². The first-order valence-electron chi connectivity index (χ1n) is 8.93. The Morgan fingerprint density at radius 2 is 1.83 bits per heavy atom. The van der Waals surface area contributed by atoms with Crippen molar-refractivity contribution in [3.8, 4) is 11.5 Å². The molecule has 1 N–H and O–H groups in total. The molecular formula is C20H17ClF3N3O2. The highest BCUT2D eigenvalue weighted by atomic mass is 35.5. The largest absolute Gasteiger partial charge is 0.457 e. The smallest absolute Gasteiger partial charge is 0.416 e. The highest BCUT2D eigenvalue weighted by Gasteiger charge is 2.54. The summed E-state index contributed by atoms with van der Waals surface area (Å²) in [6.07, 6.45) is -1.94.